The van der Waals surface area contributed by atoms with Crippen LogP contribution in [0.1, 0.15) is 20.8 Å². The molecule has 0 bridgehead atoms. The Morgan fingerprint density at radius 2 is 1.94 bits per heavy atom. The van der Waals surface area contributed by atoms with Gasteiger partial charge in [-0.1, -0.05) is 20.8 Å². The van der Waals surface area contributed by atoms with Gasteiger partial charge in [-0.15, -0.1) is 0 Å². The van der Waals surface area contributed by atoms with Crippen molar-refractivity contribution in [2.45, 2.75) is 20.8 Å². The van der Waals surface area contributed by atoms with Crippen LogP contribution in [0.4, 0.5) is 0 Å². The quantitative estimate of drug-likeness (QED) is 0.708. The van der Waals surface area contributed by atoms with E-state index in [2.05, 4.69) is 10.2 Å². The van der Waals surface area contributed by atoms with Crippen molar-refractivity contribution in [3.63, 3.8) is 0 Å². The molecule has 0 spiro atoms. The fourth-order valence-electron chi connectivity index (χ4n) is 2.23. The van der Waals surface area contributed by atoms with Gasteiger partial charge in [0.05, 0.1) is 11.8 Å². The fourth-order valence-corrected chi connectivity index (χ4v) is 2.23. The van der Waals surface area contributed by atoms with Crippen LogP contribution in [0.5, 0.6) is 0 Å². The third-order valence-electron chi connectivity index (χ3n) is 3.71. The second-order valence-corrected chi connectivity index (χ2v) is 5.30. The number of carbonyl (C=O) groups excluding carboxylic acids is 1. The molecule has 5 heteroatoms. The molecule has 1 aliphatic rings. The summed E-state index contributed by atoms with van der Waals surface area (Å²) in [5.74, 6) is -1.92. The minimum absolute atomic E-state index is 0.132. The molecule has 1 saturated carbocycles. The number of nitrogens with zero attached hydrogens (tertiary/aromatic N) is 1. The molecule has 0 aromatic carbocycles. The topological polar surface area (TPSA) is 69.6 Å². The van der Waals surface area contributed by atoms with E-state index in [0.717, 1.165) is 13.1 Å². The second kappa shape index (κ2) is 5.04. The van der Waals surface area contributed by atoms with E-state index in [0.29, 0.717) is 6.54 Å². The summed E-state index contributed by atoms with van der Waals surface area (Å²) in [4.78, 5) is 24.8. The Morgan fingerprint density at radius 3 is 2.35 bits per heavy atom. The zero-order valence-electron chi connectivity index (χ0n) is 11.0. The van der Waals surface area contributed by atoms with Crippen molar-refractivity contribution in [3.8, 4) is 0 Å². The zero-order valence-corrected chi connectivity index (χ0v) is 11.0. The Kier molecular flexibility index (Phi) is 4.14. The summed E-state index contributed by atoms with van der Waals surface area (Å²) in [6.07, 6.45) is 0. The monoisotopic (exact) mass is 242 g/mol. The first-order valence-corrected chi connectivity index (χ1v) is 6.01. The van der Waals surface area contributed by atoms with Gasteiger partial charge in [-0.2, -0.15) is 0 Å². The molecule has 5 nitrogen and oxygen atoms in total. The molecule has 0 radical (unpaired) electrons. The van der Waals surface area contributed by atoms with Crippen molar-refractivity contribution in [1.29, 1.82) is 0 Å². The number of hydrogen-bond donors (Lipinski definition) is 2. The summed E-state index contributed by atoms with van der Waals surface area (Å²) in [6, 6.07) is 0. The van der Waals surface area contributed by atoms with Gasteiger partial charge in [-0.25, -0.2) is 0 Å². The van der Waals surface area contributed by atoms with Gasteiger partial charge in [0, 0.05) is 13.1 Å². The molecular formula is C12H22N2O3. The highest BCUT2D eigenvalue weighted by Gasteiger charge is 2.65. The third kappa shape index (κ3) is 2.97. The lowest BCUT2D eigenvalue weighted by Crippen LogP contribution is -2.34. The van der Waals surface area contributed by atoms with Gasteiger partial charge in [-0.3, -0.25) is 9.59 Å². The van der Waals surface area contributed by atoms with E-state index < -0.39 is 17.3 Å². The van der Waals surface area contributed by atoms with Gasteiger partial charge in [-0.05, 0) is 19.0 Å². The Bertz CT molecular complexity index is 315. The van der Waals surface area contributed by atoms with Gasteiger partial charge in [0.15, 0.2) is 0 Å². The molecule has 0 unspecified atom stereocenters. The number of amides is 1. The molecule has 1 aliphatic carbocycles. The summed E-state index contributed by atoms with van der Waals surface area (Å²) >= 11 is 0. The van der Waals surface area contributed by atoms with Gasteiger partial charge >= 0.3 is 5.97 Å². The number of aliphatic carboxylic acids is 1. The van der Waals surface area contributed by atoms with Crippen LogP contribution in [0.25, 0.3) is 0 Å². The predicted octanol–water partition coefficient (Wildman–Crippen LogP) is 0.411. The van der Waals surface area contributed by atoms with E-state index in [4.69, 9.17) is 5.11 Å². The second-order valence-electron chi connectivity index (χ2n) is 5.30. The number of rotatable bonds is 6. The van der Waals surface area contributed by atoms with Crippen LogP contribution in [0.15, 0.2) is 0 Å². The van der Waals surface area contributed by atoms with E-state index in [-0.39, 0.29) is 11.8 Å². The molecule has 17 heavy (non-hydrogen) atoms. The molecule has 1 amide bonds. The standard InChI is InChI=1S/C12H22N2O3/c1-5-14(4)7-6-13-10(15)8-9(11(16)17)12(8,2)3/h8-9H,5-7H2,1-4H3,(H,13,15)(H,16,17)/t8-,9+/m1/s1. The predicted molar refractivity (Wildman–Crippen MR) is 64.6 cm³/mol. The molecule has 1 fully saturated rings. The summed E-state index contributed by atoms with van der Waals surface area (Å²) in [7, 11) is 1.98. The summed E-state index contributed by atoms with van der Waals surface area (Å²) in [5, 5.41) is 11.8. The summed E-state index contributed by atoms with van der Waals surface area (Å²) in [5.41, 5.74) is -0.410. The van der Waals surface area contributed by atoms with Gasteiger partial charge in [0.1, 0.15) is 0 Å². The third-order valence-corrected chi connectivity index (χ3v) is 3.71. The Labute approximate surface area is 102 Å². The van der Waals surface area contributed by atoms with E-state index >= 15 is 0 Å². The molecule has 98 valence electrons. The lowest BCUT2D eigenvalue weighted by atomic mass is 10.1. The molecule has 0 aromatic rings. The van der Waals surface area contributed by atoms with Gasteiger partial charge in [0.25, 0.3) is 0 Å². The molecule has 0 aromatic heterocycles. The minimum Gasteiger partial charge on any atom is -0.481 e. The highest BCUT2D eigenvalue weighted by atomic mass is 16.4. The first kappa shape index (κ1) is 14.0. The lowest BCUT2D eigenvalue weighted by Gasteiger charge is -2.14. The largest absolute Gasteiger partial charge is 0.481 e. The van der Waals surface area contributed by atoms with E-state index in [9.17, 15) is 9.59 Å². The van der Waals surface area contributed by atoms with E-state index in [1.807, 2.05) is 27.8 Å². The highest BCUT2D eigenvalue weighted by Crippen LogP contribution is 2.58. The van der Waals surface area contributed by atoms with Gasteiger partial charge < -0.3 is 15.3 Å². The zero-order chi connectivity index (χ0) is 13.2. The molecule has 0 aliphatic heterocycles. The van der Waals surface area contributed by atoms with Crippen molar-refractivity contribution in [2.24, 2.45) is 17.3 Å². The normalized spacial score (nSPS) is 25.7. The van der Waals surface area contributed by atoms with E-state index in [1.54, 1.807) is 0 Å². The van der Waals surface area contributed by atoms with Crippen LogP contribution in [0, 0.1) is 17.3 Å². The SMILES string of the molecule is CCN(C)CCNC(=O)[C@H]1[C@@H](C(=O)O)C1(C)C. The molecule has 0 heterocycles. The molecule has 1 rings (SSSR count). The molecule has 2 atom stereocenters. The molecule has 2 N–H and O–H groups in total. The van der Waals surface area contributed by atoms with Crippen LogP contribution in [0.3, 0.4) is 0 Å². The number of hydrogen-bond acceptors (Lipinski definition) is 3. The highest BCUT2D eigenvalue weighted by molar-refractivity contribution is 5.91. The maximum Gasteiger partial charge on any atom is 0.307 e. The van der Waals surface area contributed by atoms with Crippen LogP contribution < -0.4 is 5.32 Å². The van der Waals surface area contributed by atoms with Gasteiger partial charge in [0.2, 0.25) is 5.91 Å². The Balaban J connectivity index is 2.38. The number of carboxylic acid groups (broad SMARTS) is 1. The number of carboxylic acids is 1. The van der Waals surface area contributed by atoms with Crippen LogP contribution >= 0.6 is 0 Å². The number of nitrogens with one attached hydrogen (secondary N) is 1. The Morgan fingerprint density at radius 1 is 1.35 bits per heavy atom. The Hall–Kier alpha value is -1.10. The fraction of sp³-hybridized carbons (Fsp3) is 0.833. The van der Waals surface area contributed by atoms with E-state index in [1.165, 1.54) is 0 Å². The number of carbonyl (C=O) groups is 2. The summed E-state index contributed by atoms with van der Waals surface area (Å²) < 4.78 is 0. The first-order valence-electron chi connectivity index (χ1n) is 6.01. The van der Waals surface area contributed by atoms with Crippen LogP contribution in [-0.2, 0) is 9.59 Å². The molecule has 0 saturated heterocycles. The number of likely N-dealkylation sites (N-methyl/N-ethyl adjacent to an activating group) is 1. The maximum atomic E-state index is 11.8. The van der Waals surface area contributed by atoms with Crippen molar-refractivity contribution in [1.82, 2.24) is 10.2 Å². The first-order chi connectivity index (χ1) is 7.82. The smallest absolute Gasteiger partial charge is 0.307 e. The maximum absolute atomic E-state index is 11.8. The van der Waals surface area contributed by atoms with Crippen molar-refractivity contribution < 1.29 is 14.7 Å². The average molecular weight is 242 g/mol. The van der Waals surface area contributed by atoms with Crippen molar-refractivity contribution in [3.05, 3.63) is 0 Å². The lowest BCUT2D eigenvalue weighted by molar-refractivity contribution is -0.140. The minimum atomic E-state index is -0.874. The van der Waals surface area contributed by atoms with Crippen molar-refractivity contribution in [2.75, 3.05) is 26.7 Å². The summed E-state index contributed by atoms with van der Waals surface area (Å²) in [6.45, 7) is 7.99. The molecular weight excluding hydrogens is 220 g/mol. The van der Waals surface area contributed by atoms with Crippen LogP contribution in [-0.4, -0.2) is 48.6 Å². The van der Waals surface area contributed by atoms with Crippen molar-refractivity contribution >= 4 is 11.9 Å². The van der Waals surface area contributed by atoms with Crippen LogP contribution in [0.2, 0.25) is 0 Å². The average Bonchev–Trinajstić information content (AvgIpc) is 2.81.